The lowest BCUT2D eigenvalue weighted by Gasteiger charge is -2.07. The number of rotatable bonds is 4. The number of carboxylic acids is 1. The highest BCUT2D eigenvalue weighted by atomic mass is 19.4. The predicted octanol–water partition coefficient (Wildman–Crippen LogP) is 3.72. The van der Waals surface area contributed by atoms with E-state index >= 15 is 0 Å². The zero-order valence-electron chi connectivity index (χ0n) is 9.17. The molecule has 1 N–H and O–H groups in total. The summed E-state index contributed by atoms with van der Waals surface area (Å²) in [4.78, 5) is 10.2. The summed E-state index contributed by atoms with van der Waals surface area (Å²) in [6.07, 6.45) is -1.71. The van der Waals surface area contributed by atoms with Crippen LogP contribution in [0.1, 0.15) is 24.0 Å². The Balaban J connectivity index is 2.76. The Morgan fingerprint density at radius 2 is 2.00 bits per heavy atom. The van der Waals surface area contributed by atoms with Crippen molar-refractivity contribution < 1.29 is 27.5 Å². The van der Waals surface area contributed by atoms with Gasteiger partial charge in [0.15, 0.2) is 0 Å². The van der Waals surface area contributed by atoms with Gasteiger partial charge in [0.1, 0.15) is 5.82 Å². The van der Waals surface area contributed by atoms with Crippen LogP contribution in [0.2, 0.25) is 0 Å². The molecule has 18 heavy (non-hydrogen) atoms. The molecule has 2 nitrogen and oxygen atoms in total. The summed E-state index contributed by atoms with van der Waals surface area (Å²) in [6, 6.07) is 2.55. The Hall–Kier alpha value is -1.85. The molecule has 0 radical (unpaired) electrons. The first kappa shape index (κ1) is 14.2. The number of aliphatic carboxylic acids is 1. The molecule has 0 atom stereocenters. The van der Waals surface area contributed by atoms with Gasteiger partial charge >= 0.3 is 12.1 Å². The van der Waals surface area contributed by atoms with Crippen molar-refractivity contribution in [3.63, 3.8) is 0 Å². The number of carboxylic acid groups (broad SMARTS) is 1. The van der Waals surface area contributed by atoms with Gasteiger partial charge in [0, 0.05) is 6.42 Å². The van der Waals surface area contributed by atoms with Crippen LogP contribution < -0.4 is 0 Å². The Kier molecular flexibility index (Phi) is 4.47. The molecule has 0 heterocycles. The summed E-state index contributed by atoms with van der Waals surface area (Å²) >= 11 is 0. The van der Waals surface area contributed by atoms with Crippen molar-refractivity contribution in [1.82, 2.24) is 0 Å². The molecular weight excluding hydrogens is 252 g/mol. The SMILES string of the molecule is O=C(O)CCC=Cc1ccc(C(F)(F)F)c(F)c1. The van der Waals surface area contributed by atoms with E-state index in [1.54, 1.807) is 0 Å². The zero-order chi connectivity index (χ0) is 13.8. The van der Waals surface area contributed by atoms with Gasteiger partial charge in [-0.1, -0.05) is 18.2 Å². The number of benzene rings is 1. The maximum atomic E-state index is 13.1. The quantitative estimate of drug-likeness (QED) is 0.839. The summed E-state index contributed by atoms with van der Waals surface area (Å²) in [5.41, 5.74) is -1.06. The Morgan fingerprint density at radius 3 is 2.50 bits per heavy atom. The predicted molar refractivity (Wildman–Crippen MR) is 57.3 cm³/mol. The van der Waals surface area contributed by atoms with E-state index in [0.29, 0.717) is 6.07 Å². The van der Waals surface area contributed by atoms with Gasteiger partial charge in [-0.3, -0.25) is 4.79 Å². The van der Waals surface area contributed by atoms with E-state index in [4.69, 9.17) is 5.11 Å². The fourth-order valence-corrected chi connectivity index (χ4v) is 1.29. The monoisotopic (exact) mass is 262 g/mol. The number of carbonyl (C=O) groups is 1. The standard InChI is InChI=1S/C12H10F4O2/c13-10-7-8(3-1-2-4-11(17)18)5-6-9(10)12(14,15)16/h1,3,5-7H,2,4H2,(H,17,18). The second-order valence-corrected chi connectivity index (χ2v) is 3.57. The highest BCUT2D eigenvalue weighted by Gasteiger charge is 2.33. The molecule has 1 aromatic rings. The third kappa shape index (κ3) is 4.20. The van der Waals surface area contributed by atoms with E-state index in [-0.39, 0.29) is 18.4 Å². The van der Waals surface area contributed by atoms with Crippen molar-refractivity contribution >= 4 is 12.0 Å². The molecule has 0 fully saturated rings. The molecule has 1 aromatic carbocycles. The molecule has 1 rings (SSSR count). The topological polar surface area (TPSA) is 37.3 Å². The minimum Gasteiger partial charge on any atom is -0.481 e. The smallest absolute Gasteiger partial charge is 0.419 e. The number of alkyl halides is 3. The van der Waals surface area contributed by atoms with Crippen LogP contribution in [-0.2, 0) is 11.0 Å². The van der Waals surface area contributed by atoms with Gasteiger partial charge in [0.2, 0.25) is 0 Å². The Morgan fingerprint density at radius 1 is 1.33 bits per heavy atom. The van der Waals surface area contributed by atoms with Crippen LogP contribution in [-0.4, -0.2) is 11.1 Å². The molecule has 98 valence electrons. The average molecular weight is 262 g/mol. The van der Waals surface area contributed by atoms with Gasteiger partial charge in [0.25, 0.3) is 0 Å². The third-order valence-electron chi connectivity index (χ3n) is 2.13. The molecule has 0 aliphatic carbocycles. The van der Waals surface area contributed by atoms with E-state index in [1.807, 2.05) is 0 Å². The van der Waals surface area contributed by atoms with E-state index in [2.05, 4.69) is 0 Å². The van der Waals surface area contributed by atoms with Gasteiger partial charge in [-0.05, 0) is 24.1 Å². The molecule has 0 aliphatic heterocycles. The largest absolute Gasteiger partial charge is 0.481 e. The first-order valence-electron chi connectivity index (χ1n) is 5.06. The van der Waals surface area contributed by atoms with E-state index in [1.165, 1.54) is 12.2 Å². The van der Waals surface area contributed by atoms with Crippen molar-refractivity contribution in [3.05, 3.63) is 41.2 Å². The van der Waals surface area contributed by atoms with Gasteiger partial charge < -0.3 is 5.11 Å². The summed E-state index contributed by atoms with van der Waals surface area (Å²) in [6.45, 7) is 0. The summed E-state index contributed by atoms with van der Waals surface area (Å²) in [5.74, 6) is -2.32. The molecule has 0 saturated heterocycles. The summed E-state index contributed by atoms with van der Waals surface area (Å²) in [5, 5.41) is 8.36. The molecule has 0 spiro atoms. The minimum absolute atomic E-state index is 0.0837. The number of hydrogen-bond acceptors (Lipinski definition) is 1. The lowest BCUT2D eigenvalue weighted by atomic mass is 10.1. The van der Waals surface area contributed by atoms with E-state index < -0.39 is 23.5 Å². The Labute approximate surface area is 101 Å². The van der Waals surface area contributed by atoms with Crippen molar-refractivity contribution in [2.45, 2.75) is 19.0 Å². The van der Waals surface area contributed by atoms with Gasteiger partial charge in [0.05, 0.1) is 5.56 Å². The molecule has 0 amide bonds. The molecule has 0 saturated carbocycles. The first-order chi connectivity index (χ1) is 8.30. The van der Waals surface area contributed by atoms with Gasteiger partial charge in [-0.15, -0.1) is 0 Å². The second-order valence-electron chi connectivity index (χ2n) is 3.57. The normalized spacial score (nSPS) is 12.0. The minimum atomic E-state index is -4.71. The molecular formula is C12H10F4O2. The number of hydrogen-bond donors (Lipinski definition) is 1. The van der Waals surface area contributed by atoms with Crippen LogP contribution in [0.25, 0.3) is 6.08 Å². The van der Waals surface area contributed by atoms with Crippen molar-refractivity contribution in [3.8, 4) is 0 Å². The fourth-order valence-electron chi connectivity index (χ4n) is 1.29. The van der Waals surface area contributed by atoms with Crippen LogP contribution in [0.4, 0.5) is 17.6 Å². The van der Waals surface area contributed by atoms with E-state index in [0.717, 1.165) is 12.1 Å². The summed E-state index contributed by atoms with van der Waals surface area (Å²) < 4.78 is 49.9. The van der Waals surface area contributed by atoms with Crippen LogP contribution >= 0.6 is 0 Å². The Bertz CT molecular complexity index is 464. The summed E-state index contributed by atoms with van der Waals surface area (Å²) in [7, 11) is 0. The molecule has 0 unspecified atom stereocenters. The first-order valence-corrected chi connectivity index (χ1v) is 5.06. The maximum absolute atomic E-state index is 13.1. The van der Waals surface area contributed by atoms with Gasteiger partial charge in [-0.25, -0.2) is 4.39 Å². The lowest BCUT2D eigenvalue weighted by molar-refractivity contribution is -0.140. The van der Waals surface area contributed by atoms with Crippen LogP contribution in [0.3, 0.4) is 0 Å². The zero-order valence-corrected chi connectivity index (χ0v) is 9.17. The average Bonchev–Trinajstić information content (AvgIpc) is 2.22. The third-order valence-corrected chi connectivity index (χ3v) is 2.13. The molecule has 0 aliphatic rings. The highest BCUT2D eigenvalue weighted by Crippen LogP contribution is 2.31. The van der Waals surface area contributed by atoms with Crippen molar-refractivity contribution in [1.29, 1.82) is 0 Å². The molecule has 0 bridgehead atoms. The van der Waals surface area contributed by atoms with Crippen LogP contribution in [0, 0.1) is 5.82 Å². The van der Waals surface area contributed by atoms with Crippen LogP contribution in [0.15, 0.2) is 24.3 Å². The van der Waals surface area contributed by atoms with Gasteiger partial charge in [-0.2, -0.15) is 13.2 Å². The molecule has 6 heteroatoms. The second kappa shape index (κ2) is 5.66. The number of allylic oxidation sites excluding steroid dienone is 1. The van der Waals surface area contributed by atoms with E-state index in [9.17, 15) is 22.4 Å². The van der Waals surface area contributed by atoms with Crippen LogP contribution in [0.5, 0.6) is 0 Å². The number of halogens is 4. The van der Waals surface area contributed by atoms with Crippen molar-refractivity contribution in [2.24, 2.45) is 0 Å². The van der Waals surface area contributed by atoms with Crippen molar-refractivity contribution in [2.75, 3.05) is 0 Å². The lowest BCUT2D eigenvalue weighted by Crippen LogP contribution is -2.07. The highest BCUT2D eigenvalue weighted by molar-refractivity contribution is 5.67. The maximum Gasteiger partial charge on any atom is 0.419 e. The molecule has 0 aromatic heterocycles. The fraction of sp³-hybridized carbons (Fsp3) is 0.250.